The van der Waals surface area contributed by atoms with Crippen LogP contribution in [0.15, 0.2) is 30.3 Å². The van der Waals surface area contributed by atoms with Crippen molar-refractivity contribution in [2.45, 2.75) is 43.9 Å². The number of hydrogen-bond acceptors (Lipinski definition) is 2. The monoisotopic (exact) mass is 263 g/mol. The third-order valence-corrected chi connectivity index (χ3v) is 4.65. The molecule has 1 aromatic rings. The summed E-state index contributed by atoms with van der Waals surface area (Å²) in [7, 11) is 0. The number of carbonyl (C=O) groups is 1. The highest BCUT2D eigenvalue weighted by Crippen LogP contribution is 2.27. The van der Waals surface area contributed by atoms with Gasteiger partial charge in [-0.2, -0.15) is 0 Å². The second-order valence-electron chi connectivity index (χ2n) is 4.91. The zero-order valence-corrected chi connectivity index (χ0v) is 11.7. The van der Waals surface area contributed by atoms with Gasteiger partial charge in [0.1, 0.15) is 0 Å². The third-order valence-electron chi connectivity index (χ3n) is 3.45. The summed E-state index contributed by atoms with van der Waals surface area (Å²) in [5.74, 6) is 0.752. The van der Waals surface area contributed by atoms with Crippen LogP contribution in [-0.4, -0.2) is 17.7 Å². The van der Waals surface area contributed by atoms with E-state index < -0.39 is 0 Å². The molecule has 0 heterocycles. The first-order chi connectivity index (χ1) is 8.75. The number of hydrogen-bond donors (Lipinski definition) is 1. The Hall–Kier alpha value is -0.960. The average molecular weight is 263 g/mol. The molecule has 2 rings (SSSR count). The molecule has 0 radical (unpaired) electrons. The van der Waals surface area contributed by atoms with Crippen LogP contribution in [0, 0.1) is 0 Å². The molecule has 18 heavy (non-hydrogen) atoms. The zero-order valence-electron chi connectivity index (χ0n) is 10.9. The highest BCUT2D eigenvalue weighted by molar-refractivity contribution is 8.00. The lowest BCUT2D eigenvalue weighted by Crippen LogP contribution is -2.33. The predicted molar refractivity (Wildman–Crippen MR) is 77.7 cm³/mol. The summed E-state index contributed by atoms with van der Waals surface area (Å²) in [6.45, 7) is 2.16. The number of nitrogens with one attached hydrogen (secondary N) is 1. The zero-order chi connectivity index (χ0) is 12.8. The van der Waals surface area contributed by atoms with Gasteiger partial charge in [-0.25, -0.2) is 0 Å². The molecule has 1 atom stereocenters. The van der Waals surface area contributed by atoms with Crippen LogP contribution in [0.5, 0.6) is 0 Å². The molecule has 2 nitrogen and oxygen atoms in total. The van der Waals surface area contributed by atoms with Crippen LogP contribution in [-0.2, 0) is 4.79 Å². The Balaban J connectivity index is 1.72. The van der Waals surface area contributed by atoms with Crippen LogP contribution in [0.2, 0.25) is 0 Å². The van der Waals surface area contributed by atoms with Crippen molar-refractivity contribution in [2.75, 3.05) is 5.75 Å². The number of benzene rings is 1. The molecular weight excluding hydrogens is 242 g/mol. The molecule has 0 aliphatic heterocycles. The van der Waals surface area contributed by atoms with E-state index in [9.17, 15) is 4.79 Å². The minimum absolute atomic E-state index is 0.190. The summed E-state index contributed by atoms with van der Waals surface area (Å²) in [5.41, 5.74) is 1.29. The van der Waals surface area contributed by atoms with Gasteiger partial charge in [-0.15, -0.1) is 11.8 Å². The summed E-state index contributed by atoms with van der Waals surface area (Å²) < 4.78 is 0. The van der Waals surface area contributed by atoms with E-state index in [1.807, 2.05) is 18.2 Å². The van der Waals surface area contributed by atoms with Crippen LogP contribution in [0.25, 0.3) is 0 Å². The van der Waals surface area contributed by atoms with Gasteiger partial charge < -0.3 is 5.32 Å². The lowest BCUT2D eigenvalue weighted by Gasteiger charge is -2.14. The molecule has 0 aromatic heterocycles. The van der Waals surface area contributed by atoms with Crippen molar-refractivity contribution in [3.05, 3.63) is 35.9 Å². The Morgan fingerprint density at radius 1 is 1.33 bits per heavy atom. The molecule has 0 spiro atoms. The standard InChI is InChI=1S/C15H21NOS/c1-12(13-7-3-2-4-8-13)18-11-15(17)16-14-9-5-6-10-14/h2-4,7-8,12,14H,5-6,9-11H2,1H3,(H,16,17). The normalized spacial score (nSPS) is 17.6. The third kappa shape index (κ3) is 4.05. The SMILES string of the molecule is CC(SCC(=O)NC1CCCC1)c1ccccc1. The Labute approximate surface area is 114 Å². The van der Waals surface area contributed by atoms with E-state index in [0.29, 0.717) is 17.0 Å². The molecule has 1 saturated carbocycles. The Bertz CT molecular complexity index is 373. The molecular formula is C15H21NOS. The lowest BCUT2D eigenvalue weighted by atomic mass is 10.2. The number of thioether (sulfide) groups is 1. The van der Waals surface area contributed by atoms with E-state index >= 15 is 0 Å². The maximum Gasteiger partial charge on any atom is 0.230 e. The maximum absolute atomic E-state index is 11.8. The Morgan fingerprint density at radius 3 is 2.67 bits per heavy atom. The maximum atomic E-state index is 11.8. The highest BCUT2D eigenvalue weighted by atomic mass is 32.2. The first-order valence-corrected chi connectivity index (χ1v) is 7.76. The van der Waals surface area contributed by atoms with Crippen LogP contribution < -0.4 is 5.32 Å². The summed E-state index contributed by atoms with van der Waals surface area (Å²) >= 11 is 1.71. The van der Waals surface area contributed by atoms with Crippen molar-refractivity contribution in [2.24, 2.45) is 0 Å². The van der Waals surface area contributed by atoms with Crippen molar-refractivity contribution in [1.29, 1.82) is 0 Å². The molecule has 0 bridgehead atoms. The predicted octanol–water partition coefficient (Wildman–Crippen LogP) is 3.54. The molecule has 3 heteroatoms. The molecule has 1 amide bonds. The smallest absolute Gasteiger partial charge is 0.230 e. The fraction of sp³-hybridized carbons (Fsp3) is 0.533. The molecule has 1 unspecified atom stereocenters. The van der Waals surface area contributed by atoms with Crippen LogP contribution >= 0.6 is 11.8 Å². The number of amides is 1. The van der Waals surface area contributed by atoms with Gasteiger partial charge in [-0.1, -0.05) is 43.2 Å². The second-order valence-corrected chi connectivity index (χ2v) is 6.24. The molecule has 1 aliphatic carbocycles. The van der Waals surface area contributed by atoms with Gasteiger partial charge in [0.05, 0.1) is 5.75 Å². The fourth-order valence-electron chi connectivity index (χ4n) is 2.36. The van der Waals surface area contributed by atoms with Crippen LogP contribution in [0.1, 0.15) is 43.4 Å². The first kappa shape index (κ1) is 13.5. The number of carbonyl (C=O) groups excluding carboxylic acids is 1. The summed E-state index contributed by atoms with van der Waals surface area (Å²) in [5, 5.41) is 3.50. The van der Waals surface area contributed by atoms with Crippen LogP contribution in [0.3, 0.4) is 0 Å². The summed E-state index contributed by atoms with van der Waals surface area (Å²) in [6.07, 6.45) is 4.84. The molecule has 1 aromatic carbocycles. The highest BCUT2D eigenvalue weighted by Gasteiger charge is 2.17. The average Bonchev–Trinajstić information content (AvgIpc) is 2.90. The van der Waals surface area contributed by atoms with Crippen molar-refractivity contribution in [1.82, 2.24) is 5.32 Å². The van der Waals surface area contributed by atoms with E-state index in [1.54, 1.807) is 11.8 Å². The second kappa shape index (κ2) is 6.83. The molecule has 0 saturated heterocycles. The van der Waals surface area contributed by atoms with E-state index in [1.165, 1.54) is 18.4 Å². The summed E-state index contributed by atoms with van der Waals surface area (Å²) in [6, 6.07) is 10.8. The van der Waals surface area contributed by atoms with E-state index in [0.717, 1.165) is 12.8 Å². The topological polar surface area (TPSA) is 29.1 Å². The fourth-order valence-corrected chi connectivity index (χ4v) is 3.19. The number of rotatable bonds is 5. The van der Waals surface area contributed by atoms with Crippen molar-refractivity contribution in [3.63, 3.8) is 0 Å². The lowest BCUT2D eigenvalue weighted by molar-refractivity contribution is -0.119. The van der Waals surface area contributed by atoms with Gasteiger partial charge >= 0.3 is 0 Å². The van der Waals surface area contributed by atoms with E-state index in [-0.39, 0.29) is 5.91 Å². The van der Waals surface area contributed by atoms with Gasteiger partial charge in [-0.3, -0.25) is 4.79 Å². The van der Waals surface area contributed by atoms with E-state index in [2.05, 4.69) is 24.4 Å². The van der Waals surface area contributed by atoms with E-state index in [4.69, 9.17) is 0 Å². The van der Waals surface area contributed by atoms with Crippen LogP contribution in [0.4, 0.5) is 0 Å². The van der Waals surface area contributed by atoms with Gasteiger partial charge in [-0.05, 0) is 25.3 Å². The molecule has 1 aliphatic rings. The Morgan fingerprint density at radius 2 is 2.00 bits per heavy atom. The Kier molecular flexibility index (Phi) is 5.12. The minimum Gasteiger partial charge on any atom is -0.353 e. The van der Waals surface area contributed by atoms with Crippen molar-refractivity contribution in [3.8, 4) is 0 Å². The first-order valence-electron chi connectivity index (χ1n) is 6.71. The van der Waals surface area contributed by atoms with Crippen molar-refractivity contribution < 1.29 is 4.79 Å². The van der Waals surface area contributed by atoms with Crippen molar-refractivity contribution >= 4 is 17.7 Å². The largest absolute Gasteiger partial charge is 0.353 e. The minimum atomic E-state index is 0.190. The quantitative estimate of drug-likeness (QED) is 0.880. The van der Waals surface area contributed by atoms with Gasteiger partial charge in [0.25, 0.3) is 0 Å². The van der Waals surface area contributed by atoms with Gasteiger partial charge in [0, 0.05) is 11.3 Å². The molecule has 98 valence electrons. The summed E-state index contributed by atoms with van der Waals surface area (Å²) in [4.78, 5) is 11.8. The molecule has 1 N–H and O–H groups in total. The molecule has 1 fully saturated rings. The van der Waals surface area contributed by atoms with Gasteiger partial charge in [0.2, 0.25) is 5.91 Å². The van der Waals surface area contributed by atoms with Gasteiger partial charge in [0.15, 0.2) is 0 Å².